The normalized spacial score (nSPS) is 10.1. The van der Waals surface area contributed by atoms with Gasteiger partial charge in [0.1, 0.15) is 0 Å². The van der Waals surface area contributed by atoms with Crippen molar-refractivity contribution in [3.05, 3.63) is 0 Å². The Hall–Kier alpha value is -0.810. The highest BCUT2D eigenvalue weighted by Gasteiger charge is 2.10. The summed E-state index contributed by atoms with van der Waals surface area (Å²) < 4.78 is 4.95. The molecule has 0 bridgehead atoms. The van der Waals surface area contributed by atoms with E-state index in [-0.39, 0.29) is 6.03 Å². The molecule has 0 aliphatic rings. The van der Waals surface area contributed by atoms with E-state index in [1.54, 1.807) is 12.0 Å². The van der Waals surface area contributed by atoms with E-state index in [9.17, 15) is 4.79 Å². The minimum Gasteiger partial charge on any atom is -0.383 e. The third kappa shape index (κ3) is 7.16. The maximum atomic E-state index is 11.6. The minimum absolute atomic E-state index is 0.0256. The Morgan fingerprint density at radius 3 is 2.73 bits per heavy atom. The van der Waals surface area contributed by atoms with Crippen molar-refractivity contribution in [2.45, 2.75) is 19.8 Å². The number of nitrogens with one attached hydrogen (secondary N) is 1. The fourth-order valence-corrected chi connectivity index (χ4v) is 1.14. The van der Waals surface area contributed by atoms with Crippen molar-refractivity contribution in [3.63, 3.8) is 0 Å². The molecule has 15 heavy (non-hydrogen) atoms. The van der Waals surface area contributed by atoms with E-state index in [4.69, 9.17) is 10.5 Å². The number of carbonyl (C=O) groups excluding carboxylic acids is 1. The number of nitrogens with zero attached hydrogens (tertiary/aromatic N) is 1. The van der Waals surface area contributed by atoms with Crippen LogP contribution in [-0.2, 0) is 4.74 Å². The first-order valence-corrected chi connectivity index (χ1v) is 5.48. The van der Waals surface area contributed by atoms with Crippen LogP contribution in [0.4, 0.5) is 4.79 Å². The van der Waals surface area contributed by atoms with Gasteiger partial charge < -0.3 is 20.7 Å². The number of nitrogens with two attached hydrogens (primary N) is 1. The molecule has 0 aromatic rings. The van der Waals surface area contributed by atoms with E-state index in [1.165, 1.54) is 0 Å². The zero-order valence-corrected chi connectivity index (χ0v) is 9.79. The standard InChI is InChI=1S/C10H23N3O2/c1-3-6-12-10(14)13(7-4-5-11)8-9-15-2/h3-9,11H2,1-2H3,(H,12,14). The molecular weight excluding hydrogens is 194 g/mol. The lowest BCUT2D eigenvalue weighted by molar-refractivity contribution is 0.149. The van der Waals surface area contributed by atoms with Gasteiger partial charge in [0.05, 0.1) is 6.61 Å². The van der Waals surface area contributed by atoms with Gasteiger partial charge in [-0.1, -0.05) is 6.92 Å². The Morgan fingerprint density at radius 1 is 1.47 bits per heavy atom. The molecule has 0 saturated heterocycles. The van der Waals surface area contributed by atoms with Gasteiger partial charge in [-0.15, -0.1) is 0 Å². The van der Waals surface area contributed by atoms with Crippen molar-refractivity contribution < 1.29 is 9.53 Å². The van der Waals surface area contributed by atoms with Gasteiger partial charge in [0.2, 0.25) is 0 Å². The Kier molecular flexibility index (Phi) is 9.21. The summed E-state index contributed by atoms with van der Waals surface area (Å²) in [6.07, 6.45) is 1.77. The van der Waals surface area contributed by atoms with Gasteiger partial charge in [0, 0.05) is 26.7 Å². The fourth-order valence-electron chi connectivity index (χ4n) is 1.14. The van der Waals surface area contributed by atoms with E-state index >= 15 is 0 Å². The molecule has 0 rings (SSSR count). The Bertz CT molecular complexity index is 157. The summed E-state index contributed by atoms with van der Waals surface area (Å²) in [5.74, 6) is 0. The van der Waals surface area contributed by atoms with Gasteiger partial charge in [-0.05, 0) is 19.4 Å². The first-order valence-electron chi connectivity index (χ1n) is 5.48. The van der Waals surface area contributed by atoms with Crippen molar-refractivity contribution in [3.8, 4) is 0 Å². The second kappa shape index (κ2) is 9.73. The van der Waals surface area contributed by atoms with Crippen LogP contribution < -0.4 is 11.1 Å². The summed E-state index contributed by atoms with van der Waals surface area (Å²) in [6.45, 7) is 5.21. The molecule has 3 N–H and O–H groups in total. The van der Waals surface area contributed by atoms with E-state index in [0.717, 1.165) is 12.8 Å². The van der Waals surface area contributed by atoms with Crippen LogP contribution in [0.25, 0.3) is 0 Å². The van der Waals surface area contributed by atoms with Crippen LogP contribution in [0.15, 0.2) is 0 Å². The van der Waals surface area contributed by atoms with Gasteiger partial charge >= 0.3 is 6.03 Å². The van der Waals surface area contributed by atoms with Gasteiger partial charge in [0.25, 0.3) is 0 Å². The van der Waals surface area contributed by atoms with Gasteiger partial charge in [-0.3, -0.25) is 0 Å². The molecule has 0 aromatic heterocycles. The maximum Gasteiger partial charge on any atom is 0.317 e. The van der Waals surface area contributed by atoms with Crippen molar-refractivity contribution in [1.29, 1.82) is 0 Å². The van der Waals surface area contributed by atoms with Gasteiger partial charge in [0.15, 0.2) is 0 Å². The first kappa shape index (κ1) is 14.2. The summed E-state index contributed by atoms with van der Waals surface area (Å²) in [5.41, 5.74) is 5.42. The average molecular weight is 217 g/mol. The molecule has 0 spiro atoms. The molecule has 0 saturated carbocycles. The number of ether oxygens (including phenoxy) is 1. The van der Waals surface area contributed by atoms with Crippen molar-refractivity contribution in [1.82, 2.24) is 10.2 Å². The monoisotopic (exact) mass is 217 g/mol. The third-order valence-electron chi connectivity index (χ3n) is 2.01. The number of rotatable bonds is 8. The van der Waals surface area contributed by atoms with E-state index in [0.29, 0.717) is 32.8 Å². The van der Waals surface area contributed by atoms with E-state index in [1.807, 2.05) is 6.92 Å². The van der Waals surface area contributed by atoms with Gasteiger partial charge in [-0.25, -0.2) is 4.79 Å². The number of methoxy groups -OCH3 is 1. The predicted molar refractivity (Wildman–Crippen MR) is 60.8 cm³/mol. The van der Waals surface area contributed by atoms with Crippen LogP contribution in [0.5, 0.6) is 0 Å². The highest BCUT2D eigenvalue weighted by Crippen LogP contribution is 1.92. The molecule has 0 aliphatic carbocycles. The van der Waals surface area contributed by atoms with Crippen LogP contribution in [-0.4, -0.2) is 50.8 Å². The number of urea groups is 1. The fraction of sp³-hybridized carbons (Fsp3) is 0.900. The zero-order chi connectivity index (χ0) is 11.5. The van der Waals surface area contributed by atoms with Crippen LogP contribution in [0.2, 0.25) is 0 Å². The summed E-state index contributed by atoms with van der Waals surface area (Å²) in [5, 5.41) is 2.84. The topological polar surface area (TPSA) is 67.6 Å². The number of hydrogen-bond donors (Lipinski definition) is 2. The summed E-state index contributed by atoms with van der Waals surface area (Å²) >= 11 is 0. The summed E-state index contributed by atoms with van der Waals surface area (Å²) in [6, 6.07) is -0.0256. The number of amides is 2. The Morgan fingerprint density at radius 2 is 2.20 bits per heavy atom. The molecule has 0 atom stereocenters. The first-order chi connectivity index (χ1) is 7.26. The quantitative estimate of drug-likeness (QED) is 0.618. The van der Waals surface area contributed by atoms with Crippen molar-refractivity contribution in [2.24, 2.45) is 5.73 Å². The van der Waals surface area contributed by atoms with Crippen LogP contribution in [0, 0.1) is 0 Å². The van der Waals surface area contributed by atoms with Crippen LogP contribution in [0.1, 0.15) is 19.8 Å². The highest BCUT2D eigenvalue weighted by atomic mass is 16.5. The molecule has 90 valence electrons. The predicted octanol–water partition coefficient (Wildman–Crippen LogP) is 0.403. The molecule has 0 aliphatic heterocycles. The largest absolute Gasteiger partial charge is 0.383 e. The second-order valence-corrected chi connectivity index (χ2v) is 3.35. The molecule has 0 fully saturated rings. The molecular formula is C10H23N3O2. The zero-order valence-electron chi connectivity index (χ0n) is 9.79. The molecule has 0 aromatic carbocycles. The molecule has 0 radical (unpaired) electrons. The highest BCUT2D eigenvalue weighted by molar-refractivity contribution is 5.74. The van der Waals surface area contributed by atoms with Crippen molar-refractivity contribution >= 4 is 6.03 Å². The third-order valence-corrected chi connectivity index (χ3v) is 2.01. The smallest absolute Gasteiger partial charge is 0.317 e. The molecule has 0 heterocycles. The molecule has 2 amide bonds. The SMILES string of the molecule is CCCNC(=O)N(CCCN)CCOC. The van der Waals surface area contributed by atoms with Gasteiger partial charge in [-0.2, -0.15) is 0 Å². The van der Waals surface area contributed by atoms with Crippen molar-refractivity contribution in [2.75, 3.05) is 39.9 Å². The van der Waals surface area contributed by atoms with E-state index in [2.05, 4.69) is 5.32 Å². The second-order valence-electron chi connectivity index (χ2n) is 3.35. The molecule has 0 unspecified atom stereocenters. The average Bonchev–Trinajstić information content (AvgIpc) is 2.26. The van der Waals surface area contributed by atoms with Crippen LogP contribution >= 0.6 is 0 Å². The Labute approximate surface area is 91.9 Å². The minimum atomic E-state index is -0.0256. The summed E-state index contributed by atoms with van der Waals surface area (Å²) in [4.78, 5) is 13.4. The number of carbonyl (C=O) groups is 1. The lowest BCUT2D eigenvalue weighted by Crippen LogP contribution is -2.42. The van der Waals surface area contributed by atoms with E-state index < -0.39 is 0 Å². The lowest BCUT2D eigenvalue weighted by atomic mass is 10.4. The van der Waals surface area contributed by atoms with Crippen LogP contribution in [0.3, 0.4) is 0 Å². The number of hydrogen-bond acceptors (Lipinski definition) is 3. The maximum absolute atomic E-state index is 11.6. The molecule has 5 nitrogen and oxygen atoms in total. The summed E-state index contributed by atoms with van der Waals surface area (Å²) in [7, 11) is 1.63. The molecule has 5 heteroatoms. The Balaban J connectivity index is 3.90. The lowest BCUT2D eigenvalue weighted by Gasteiger charge is -2.22.